The van der Waals surface area contributed by atoms with Gasteiger partial charge in [-0.3, -0.25) is 10.2 Å². The number of ether oxygens (including phenoxy) is 1. The van der Waals surface area contributed by atoms with Gasteiger partial charge in [-0.15, -0.1) is 0 Å². The first kappa shape index (κ1) is 13.5. The van der Waals surface area contributed by atoms with E-state index in [1.807, 2.05) is 12.1 Å². The molecule has 0 fully saturated rings. The molecule has 0 aliphatic rings. The Balaban J connectivity index is 2.51. The van der Waals surface area contributed by atoms with Gasteiger partial charge in [-0.2, -0.15) is 0 Å². The van der Waals surface area contributed by atoms with E-state index in [1.165, 1.54) is 0 Å². The van der Waals surface area contributed by atoms with Crippen molar-refractivity contribution in [2.75, 3.05) is 20.7 Å². The molecule has 1 aromatic rings. The third-order valence-electron chi connectivity index (χ3n) is 1.60. The number of carbonyl (C=O) groups is 1. The summed E-state index contributed by atoms with van der Waals surface area (Å²) in [6, 6.07) is 5.50. The highest BCUT2D eigenvalue weighted by Crippen LogP contribution is 2.27. The van der Waals surface area contributed by atoms with Crippen molar-refractivity contribution in [3.63, 3.8) is 0 Å². The van der Waals surface area contributed by atoms with Crippen LogP contribution in [0.4, 0.5) is 0 Å². The summed E-state index contributed by atoms with van der Waals surface area (Å²) >= 11 is 6.69. The summed E-state index contributed by atoms with van der Waals surface area (Å²) < 4.78 is 7.10. The molecule has 0 atom stereocenters. The molecular formula is C10H12Br2N2O2. The minimum atomic E-state index is -0.195. The fourth-order valence-electron chi connectivity index (χ4n) is 1.02. The normalized spacial score (nSPS) is 10.3. The molecule has 0 aromatic heterocycles. The van der Waals surface area contributed by atoms with Crippen molar-refractivity contribution in [1.29, 1.82) is 0 Å². The molecule has 0 unspecified atom stereocenters. The minimum Gasteiger partial charge on any atom is -0.483 e. The minimum absolute atomic E-state index is 0.0155. The fourth-order valence-corrected chi connectivity index (χ4v) is 2.18. The summed E-state index contributed by atoms with van der Waals surface area (Å²) in [5.74, 6) is 0.442. The molecule has 88 valence electrons. The van der Waals surface area contributed by atoms with Crippen LogP contribution >= 0.6 is 31.9 Å². The van der Waals surface area contributed by atoms with Crippen LogP contribution in [0.2, 0.25) is 0 Å². The van der Waals surface area contributed by atoms with Crippen molar-refractivity contribution in [3.05, 3.63) is 27.1 Å². The molecular weight excluding hydrogens is 340 g/mol. The number of nitrogens with one attached hydrogen (secondary N) is 1. The number of hydrogen-bond acceptors (Lipinski definition) is 3. The van der Waals surface area contributed by atoms with Gasteiger partial charge in [-0.05, 0) is 34.1 Å². The van der Waals surface area contributed by atoms with Gasteiger partial charge >= 0.3 is 0 Å². The summed E-state index contributed by atoms with van der Waals surface area (Å²) in [4.78, 5) is 11.3. The molecule has 1 rings (SSSR count). The molecule has 0 saturated carbocycles. The van der Waals surface area contributed by atoms with E-state index in [0.29, 0.717) is 5.75 Å². The maximum absolute atomic E-state index is 11.3. The van der Waals surface area contributed by atoms with Crippen LogP contribution in [-0.4, -0.2) is 31.6 Å². The molecule has 0 spiro atoms. The van der Waals surface area contributed by atoms with Crippen LogP contribution in [0.1, 0.15) is 0 Å². The van der Waals surface area contributed by atoms with E-state index in [-0.39, 0.29) is 12.5 Å². The van der Waals surface area contributed by atoms with Crippen molar-refractivity contribution in [3.8, 4) is 5.75 Å². The Kier molecular flexibility index (Phi) is 5.24. The summed E-state index contributed by atoms with van der Waals surface area (Å²) in [5, 5.41) is 1.57. The van der Waals surface area contributed by atoms with Crippen LogP contribution in [0, 0.1) is 0 Å². The smallest absolute Gasteiger partial charge is 0.272 e. The molecule has 6 heteroatoms. The molecule has 4 nitrogen and oxygen atoms in total. The molecule has 1 aromatic carbocycles. The number of carbonyl (C=O) groups excluding carboxylic acids is 1. The third-order valence-corrected chi connectivity index (χ3v) is 2.71. The Morgan fingerprint density at radius 3 is 2.69 bits per heavy atom. The van der Waals surface area contributed by atoms with Gasteiger partial charge in [0.1, 0.15) is 5.75 Å². The lowest BCUT2D eigenvalue weighted by molar-refractivity contribution is -0.126. The first-order chi connectivity index (χ1) is 7.49. The van der Waals surface area contributed by atoms with Crippen molar-refractivity contribution < 1.29 is 9.53 Å². The van der Waals surface area contributed by atoms with Crippen LogP contribution < -0.4 is 10.2 Å². The SMILES string of the molecule is CN(C)NC(=O)COc1ccc(Br)cc1Br. The lowest BCUT2D eigenvalue weighted by Crippen LogP contribution is -2.39. The van der Waals surface area contributed by atoms with E-state index < -0.39 is 0 Å². The van der Waals surface area contributed by atoms with Gasteiger partial charge in [0.25, 0.3) is 5.91 Å². The second kappa shape index (κ2) is 6.22. The highest BCUT2D eigenvalue weighted by Gasteiger charge is 2.06. The number of hydrogen-bond donors (Lipinski definition) is 1. The van der Waals surface area contributed by atoms with Crippen LogP contribution in [0.3, 0.4) is 0 Å². The zero-order chi connectivity index (χ0) is 12.1. The second-order valence-corrected chi connectivity index (χ2v) is 5.06. The zero-order valence-electron chi connectivity index (χ0n) is 8.96. The highest BCUT2D eigenvalue weighted by atomic mass is 79.9. The first-order valence-corrected chi connectivity index (χ1v) is 6.12. The summed E-state index contributed by atoms with van der Waals surface area (Å²) in [6.45, 7) is -0.0155. The van der Waals surface area contributed by atoms with Gasteiger partial charge in [0.2, 0.25) is 0 Å². The maximum Gasteiger partial charge on any atom is 0.272 e. The van der Waals surface area contributed by atoms with Crippen LogP contribution in [0.25, 0.3) is 0 Å². The Morgan fingerprint density at radius 1 is 1.44 bits per heavy atom. The van der Waals surface area contributed by atoms with Crippen LogP contribution in [-0.2, 0) is 4.79 Å². The maximum atomic E-state index is 11.3. The average Bonchev–Trinajstić information content (AvgIpc) is 2.15. The van der Waals surface area contributed by atoms with Crippen molar-refractivity contribution in [2.24, 2.45) is 0 Å². The molecule has 0 heterocycles. The van der Waals surface area contributed by atoms with E-state index in [2.05, 4.69) is 37.3 Å². The van der Waals surface area contributed by atoms with Gasteiger partial charge in [-0.25, -0.2) is 5.01 Å². The Labute approximate surface area is 111 Å². The van der Waals surface area contributed by atoms with Crippen LogP contribution in [0.5, 0.6) is 5.75 Å². The molecule has 16 heavy (non-hydrogen) atoms. The molecule has 0 aliphatic carbocycles. The quantitative estimate of drug-likeness (QED) is 0.845. The Morgan fingerprint density at radius 2 is 2.12 bits per heavy atom. The van der Waals surface area contributed by atoms with Gasteiger partial charge in [-0.1, -0.05) is 15.9 Å². The topological polar surface area (TPSA) is 41.6 Å². The van der Waals surface area contributed by atoms with Crippen molar-refractivity contribution in [2.45, 2.75) is 0 Å². The predicted molar refractivity (Wildman–Crippen MR) is 69.2 cm³/mol. The van der Waals surface area contributed by atoms with Crippen LogP contribution in [0.15, 0.2) is 27.1 Å². The summed E-state index contributed by atoms with van der Waals surface area (Å²) in [7, 11) is 3.49. The largest absolute Gasteiger partial charge is 0.483 e. The number of amides is 1. The van der Waals surface area contributed by atoms with Gasteiger partial charge < -0.3 is 4.74 Å². The Bertz CT molecular complexity index is 383. The number of halogens is 2. The number of rotatable bonds is 4. The van der Waals surface area contributed by atoms with E-state index in [1.54, 1.807) is 25.2 Å². The standard InChI is InChI=1S/C10H12Br2N2O2/c1-14(2)13-10(15)6-16-9-4-3-7(11)5-8(9)12/h3-5H,6H2,1-2H3,(H,13,15). The van der Waals surface area contributed by atoms with Crippen molar-refractivity contribution >= 4 is 37.8 Å². The fraction of sp³-hybridized carbons (Fsp3) is 0.300. The number of hydrazine groups is 1. The lowest BCUT2D eigenvalue weighted by Gasteiger charge is -2.13. The summed E-state index contributed by atoms with van der Waals surface area (Å²) in [6.07, 6.45) is 0. The molecule has 0 saturated heterocycles. The zero-order valence-corrected chi connectivity index (χ0v) is 12.1. The van der Waals surface area contributed by atoms with E-state index in [9.17, 15) is 4.79 Å². The van der Waals surface area contributed by atoms with E-state index in [4.69, 9.17) is 4.74 Å². The molecule has 0 bridgehead atoms. The van der Waals surface area contributed by atoms with Gasteiger partial charge in [0.05, 0.1) is 4.47 Å². The molecule has 0 aliphatic heterocycles. The molecule has 0 radical (unpaired) electrons. The summed E-state index contributed by atoms with van der Waals surface area (Å²) in [5.41, 5.74) is 2.59. The number of nitrogens with zero attached hydrogens (tertiary/aromatic N) is 1. The monoisotopic (exact) mass is 350 g/mol. The Hall–Kier alpha value is -0.590. The van der Waals surface area contributed by atoms with E-state index in [0.717, 1.165) is 8.95 Å². The van der Waals surface area contributed by atoms with Gasteiger partial charge in [0.15, 0.2) is 6.61 Å². The van der Waals surface area contributed by atoms with Gasteiger partial charge in [0, 0.05) is 18.6 Å². The average molecular weight is 352 g/mol. The number of benzene rings is 1. The van der Waals surface area contributed by atoms with E-state index >= 15 is 0 Å². The third kappa shape index (κ3) is 4.51. The predicted octanol–water partition coefficient (Wildman–Crippen LogP) is 2.18. The highest BCUT2D eigenvalue weighted by molar-refractivity contribution is 9.11. The molecule has 1 N–H and O–H groups in total. The lowest BCUT2D eigenvalue weighted by atomic mass is 10.3. The van der Waals surface area contributed by atoms with Crippen molar-refractivity contribution in [1.82, 2.24) is 10.4 Å². The second-order valence-electron chi connectivity index (χ2n) is 3.29. The molecule has 1 amide bonds. The first-order valence-electron chi connectivity index (χ1n) is 4.53.